The van der Waals surface area contributed by atoms with E-state index in [0.717, 1.165) is 6.42 Å². The largest absolute Gasteiger partial charge is 0.379 e. The van der Waals surface area contributed by atoms with Crippen molar-refractivity contribution in [3.63, 3.8) is 0 Å². The molecular weight excluding hydrogens is 233 g/mol. The van der Waals surface area contributed by atoms with E-state index in [2.05, 4.69) is 0 Å². The average Bonchev–Trinajstić information content (AvgIpc) is 2.82. The zero-order valence-electron chi connectivity index (χ0n) is 10.7. The van der Waals surface area contributed by atoms with Crippen LogP contribution in [-0.2, 0) is 4.74 Å². The number of nitrogens with zero attached hydrogens (tertiary/aromatic N) is 1. The lowest BCUT2D eigenvalue weighted by molar-refractivity contribution is 0.0581. The fourth-order valence-electron chi connectivity index (χ4n) is 2.33. The lowest BCUT2D eigenvalue weighted by atomic mass is 10.1. The van der Waals surface area contributed by atoms with E-state index in [0.29, 0.717) is 18.8 Å². The smallest absolute Gasteiger partial charge is 0.254 e. The number of carbonyl (C=O) groups excluding carboxylic acids is 1. The molecule has 1 aromatic carbocycles. The zero-order chi connectivity index (χ0) is 13.1. The molecule has 1 atom stereocenters. The summed E-state index contributed by atoms with van der Waals surface area (Å²) >= 11 is 0. The van der Waals surface area contributed by atoms with Crippen LogP contribution in [0.5, 0.6) is 0 Å². The number of amides is 1. The Morgan fingerprint density at radius 2 is 2.28 bits per heavy atom. The minimum absolute atomic E-state index is 0.0764. The first-order valence-electron chi connectivity index (χ1n) is 6.25. The van der Waals surface area contributed by atoms with Gasteiger partial charge in [0.2, 0.25) is 0 Å². The Morgan fingerprint density at radius 1 is 1.50 bits per heavy atom. The van der Waals surface area contributed by atoms with Crippen LogP contribution in [0.3, 0.4) is 0 Å². The maximum atomic E-state index is 13.2. The van der Waals surface area contributed by atoms with Gasteiger partial charge < -0.3 is 9.64 Å². The molecule has 1 amide bonds. The van der Waals surface area contributed by atoms with Crippen molar-refractivity contribution in [3.05, 3.63) is 35.6 Å². The van der Waals surface area contributed by atoms with Crippen molar-refractivity contribution in [2.45, 2.75) is 32.4 Å². The number of ether oxygens (including phenoxy) is 1. The molecule has 0 N–H and O–H groups in total. The molecule has 1 fully saturated rings. The van der Waals surface area contributed by atoms with E-state index in [1.54, 1.807) is 17.0 Å². The Labute approximate surface area is 107 Å². The number of carbonyl (C=O) groups is 1. The minimum Gasteiger partial charge on any atom is -0.379 e. The minimum atomic E-state index is -0.382. The van der Waals surface area contributed by atoms with Crippen LogP contribution in [0.4, 0.5) is 4.39 Å². The molecule has 2 rings (SSSR count). The van der Waals surface area contributed by atoms with E-state index in [1.165, 1.54) is 12.1 Å². The van der Waals surface area contributed by atoms with Gasteiger partial charge in [-0.05, 0) is 38.5 Å². The van der Waals surface area contributed by atoms with Crippen LogP contribution in [0, 0.1) is 5.82 Å². The van der Waals surface area contributed by atoms with Gasteiger partial charge in [-0.25, -0.2) is 4.39 Å². The Balaban J connectivity index is 2.22. The zero-order valence-corrected chi connectivity index (χ0v) is 10.7. The second-order valence-electron chi connectivity index (χ2n) is 4.83. The summed E-state index contributed by atoms with van der Waals surface area (Å²) in [4.78, 5) is 14.2. The van der Waals surface area contributed by atoms with Gasteiger partial charge in [-0.3, -0.25) is 4.79 Å². The van der Waals surface area contributed by atoms with Gasteiger partial charge in [0.25, 0.3) is 5.91 Å². The van der Waals surface area contributed by atoms with Gasteiger partial charge in [-0.2, -0.15) is 0 Å². The number of halogens is 1. The molecule has 0 bridgehead atoms. The Kier molecular flexibility index (Phi) is 3.97. The molecule has 3 nitrogen and oxygen atoms in total. The second-order valence-corrected chi connectivity index (χ2v) is 4.83. The molecule has 0 aliphatic carbocycles. The average molecular weight is 251 g/mol. The molecule has 1 aromatic rings. The van der Waals surface area contributed by atoms with Crippen LogP contribution < -0.4 is 0 Å². The molecule has 1 heterocycles. The molecule has 0 radical (unpaired) electrons. The van der Waals surface area contributed by atoms with Crippen LogP contribution in [0.25, 0.3) is 0 Å². The first-order chi connectivity index (χ1) is 8.59. The third kappa shape index (κ3) is 2.70. The van der Waals surface area contributed by atoms with Crippen molar-refractivity contribution in [2.75, 3.05) is 13.2 Å². The Bertz CT molecular complexity index is 428. The Morgan fingerprint density at radius 3 is 2.83 bits per heavy atom. The van der Waals surface area contributed by atoms with Gasteiger partial charge in [0.05, 0.1) is 12.6 Å². The summed E-state index contributed by atoms with van der Waals surface area (Å²) in [6.45, 7) is 5.19. The number of benzene rings is 1. The topological polar surface area (TPSA) is 29.5 Å². The highest BCUT2D eigenvalue weighted by molar-refractivity contribution is 5.94. The van der Waals surface area contributed by atoms with Crippen molar-refractivity contribution in [3.8, 4) is 0 Å². The normalized spacial score (nSPS) is 19.2. The van der Waals surface area contributed by atoms with Crippen LogP contribution in [0.2, 0.25) is 0 Å². The quantitative estimate of drug-likeness (QED) is 0.826. The van der Waals surface area contributed by atoms with E-state index in [9.17, 15) is 9.18 Å². The maximum Gasteiger partial charge on any atom is 0.254 e. The molecule has 1 unspecified atom stereocenters. The SMILES string of the molecule is CC(C)N(C(=O)c1cccc(F)c1)C1CCOC1. The van der Waals surface area contributed by atoms with Crippen molar-refractivity contribution in [2.24, 2.45) is 0 Å². The highest BCUT2D eigenvalue weighted by atomic mass is 19.1. The van der Waals surface area contributed by atoms with Crippen LogP contribution in [-0.4, -0.2) is 36.1 Å². The molecule has 0 aromatic heterocycles. The lowest BCUT2D eigenvalue weighted by Gasteiger charge is -2.32. The van der Waals surface area contributed by atoms with Crippen molar-refractivity contribution in [1.82, 2.24) is 4.90 Å². The highest BCUT2D eigenvalue weighted by Gasteiger charge is 2.30. The van der Waals surface area contributed by atoms with Crippen molar-refractivity contribution in [1.29, 1.82) is 0 Å². The van der Waals surface area contributed by atoms with Crippen molar-refractivity contribution >= 4 is 5.91 Å². The first-order valence-corrected chi connectivity index (χ1v) is 6.25. The molecule has 0 spiro atoms. The molecule has 1 aliphatic heterocycles. The van der Waals surface area contributed by atoms with E-state index in [1.807, 2.05) is 13.8 Å². The summed E-state index contributed by atoms with van der Waals surface area (Å²) in [5.74, 6) is -0.507. The van der Waals surface area contributed by atoms with Crippen molar-refractivity contribution < 1.29 is 13.9 Å². The molecule has 18 heavy (non-hydrogen) atoms. The predicted molar refractivity (Wildman–Crippen MR) is 66.9 cm³/mol. The van der Waals surface area contributed by atoms with Gasteiger partial charge in [-0.15, -0.1) is 0 Å². The third-order valence-electron chi connectivity index (χ3n) is 3.16. The number of hydrogen-bond acceptors (Lipinski definition) is 2. The van der Waals surface area contributed by atoms with E-state index in [4.69, 9.17) is 4.74 Å². The van der Waals surface area contributed by atoms with Gasteiger partial charge in [0.1, 0.15) is 5.82 Å². The van der Waals surface area contributed by atoms with Crippen LogP contribution in [0.1, 0.15) is 30.6 Å². The van der Waals surface area contributed by atoms with Crippen LogP contribution in [0.15, 0.2) is 24.3 Å². The van der Waals surface area contributed by atoms with E-state index < -0.39 is 0 Å². The van der Waals surface area contributed by atoms with Crippen LogP contribution >= 0.6 is 0 Å². The summed E-state index contributed by atoms with van der Waals surface area (Å²) in [6.07, 6.45) is 0.846. The summed E-state index contributed by atoms with van der Waals surface area (Å²) in [7, 11) is 0. The first kappa shape index (κ1) is 13.0. The molecular formula is C14H18FNO2. The summed E-state index contributed by atoms with van der Waals surface area (Å²) in [5.41, 5.74) is 0.399. The fourth-order valence-corrected chi connectivity index (χ4v) is 2.33. The molecule has 98 valence electrons. The molecule has 1 saturated heterocycles. The standard InChI is InChI=1S/C14H18FNO2/c1-10(2)16(13-6-7-18-9-13)14(17)11-4-3-5-12(15)8-11/h3-5,8,10,13H,6-7,9H2,1-2H3. The summed E-state index contributed by atoms with van der Waals surface area (Å²) in [6, 6.07) is 6.01. The molecule has 4 heteroatoms. The van der Waals surface area contributed by atoms with Gasteiger partial charge in [0, 0.05) is 18.2 Å². The Hall–Kier alpha value is -1.42. The van der Waals surface area contributed by atoms with Gasteiger partial charge in [0.15, 0.2) is 0 Å². The van der Waals surface area contributed by atoms with E-state index >= 15 is 0 Å². The third-order valence-corrected chi connectivity index (χ3v) is 3.16. The second kappa shape index (κ2) is 5.48. The molecule has 0 saturated carbocycles. The highest BCUT2D eigenvalue weighted by Crippen LogP contribution is 2.19. The van der Waals surface area contributed by atoms with Gasteiger partial charge >= 0.3 is 0 Å². The monoisotopic (exact) mass is 251 g/mol. The van der Waals surface area contributed by atoms with Gasteiger partial charge in [-0.1, -0.05) is 6.07 Å². The summed E-state index contributed by atoms with van der Waals surface area (Å²) < 4.78 is 18.5. The maximum absolute atomic E-state index is 13.2. The predicted octanol–water partition coefficient (Wildman–Crippen LogP) is 2.47. The lowest BCUT2D eigenvalue weighted by Crippen LogP contribution is -2.45. The number of rotatable bonds is 3. The van der Waals surface area contributed by atoms with E-state index in [-0.39, 0.29) is 23.8 Å². The summed E-state index contributed by atoms with van der Waals surface area (Å²) in [5, 5.41) is 0. The number of hydrogen-bond donors (Lipinski definition) is 0. The fraction of sp³-hybridized carbons (Fsp3) is 0.500. The molecule has 1 aliphatic rings.